The normalized spacial score (nSPS) is 17.5. The topological polar surface area (TPSA) is 105 Å². The van der Waals surface area contributed by atoms with Crippen LogP contribution in [0.5, 0.6) is 5.88 Å². The first kappa shape index (κ1) is 13.1. The van der Waals surface area contributed by atoms with Crippen LogP contribution in [0.1, 0.15) is 22.7 Å². The third kappa shape index (κ3) is 2.67. The van der Waals surface area contributed by atoms with Crippen molar-refractivity contribution in [2.45, 2.75) is 12.5 Å². The summed E-state index contributed by atoms with van der Waals surface area (Å²) in [6.45, 7) is 0.952. The largest absolute Gasteiger partial charge is 0.470 e. The minimum absolute atomic E-state index is 0.137. The fourth-order valence-corrected chi connectivity index (χ4v) is 2.14. The van der Waals surface area contributed by atoms with Crippen LogP contribution in [0, 0.1) is 11.3 Å². The van der Waals surface area contributed by atoms with E-state index in [-0.39, 0.29) is 29.3 Å². The molecule has 106 valence electrons. The molecule has 3 heterocycles. The molecule has 1 amide bonds. The van der Waals surface area contributed by atoms with E-state index < -0.39 is 0 Å². The van der Waals surface area contributed by atoms with E-state index in [0.29, 0.717) is 19.5 Å². The smallest absolute Gasteiger partial charge is 0.292 e. The summed E-state index contributed by atoms with van der Waals surface area (Å²) in [6, 6.07) is 3.44. The number of likely N-dealkylation sites (tertiary alicyclic amines) is 1. The monoisotopic (exact) mass is 285 g/mol. The van der Waals surface area contributed by atoms with Gasteiger partial charge in [0.05, 0.1) is 12.7 Å². The van der Waals surface area contributed by atoms with Gasteiger partial charge in [0.1, 0.15) is 12.2 Å². The Morgan fingerprint density at radius 1 is 1.43 bits per heavy atom. The highest BCUT2D eigenvalue weighted by Crippen LogP contribution is 2.19. The number of carbonyl (C=O) groups excluding carboxylic acids is 1. The molecule has 8 heteroatoms. The van der Waals surface area contributed by atoms with E-state index in [1.54, 1.807) is 4.90 Å². The van der Waals surface area contributed by atoms with Crippen LogP contribution in [0.25, 0.3) is 0 Å². The molecule has 0 N–H and O–H groups in total. The molecule has 3 rings (SSSR count). The van der Waals surface area contributed by atoms with Crippen molar-refractivity contribution < 1.29 is 14.1 Å². The minimum atomic E-state index is -0.224. The van der Waals surface area contributed by atoms with Crippen molar-refractivity contribution >= 4 is 5.91 Å². The zero-order valence-electron chi connectivity index (χ0n) is 11.0. The van der Waals surface area contributed by atoms with Crippen LogP contribution in [0.2, 0.25) is 0 Å². The molecule has 0 bridgehead atoms. The van der Waals surface area contributed by atoms with Crippen molar-refractivity contribution in [3.05, 3.63) is 36.1 Å². The molecule has 1 aliphatic heterocycles. The Morgan fingerprint density at radius 3 is 3.05 bits per heavy atom. The lowest BCUT2D eigenvalue weighted by molar-refractivity contribution is 0.0730. The van der Waals surface area contributed by atoms with Crippen molar-refractivity contribution in [3.8, 4) is 11.9 Å². The van der Waals surface area contributed by atoms with E-state index in [1.807, 2.05) is 6.07 Å². The average molecular weight is 285 g/mol. The molecule has 21 heavy (non-hydrogen) atoms. The molecule has 8 nitrogen and oxygen atoms in total. The zero-order valence-corrected chi connectivity index (χ0v) is 11.0. The van der Waals surface area contributed by atoms with E-state index in [0.717, 1.165) is 0 Å². The van der Waals surface area contributed by atoms with Gasteiger partial charge in [0.25, 0.3) is 11.8 Å². The number of aromatic nitrogens is 3. The Labute approximate surface area is 120 Å². The lowest BCUT2D eigenvalue weighted by Crippen LogP contribution is -2.30. The molecule has 1 atom stereocenters. The van der Waals surface area contributed by atoms with Gasteiger partial charge in [0, 0.05) is 31.4 Å². The highest BCUT2D eigenvalue weighted by atomic mass is 16.5. The Kier molecular flexibility index (Phi) is 3.47. The van der Waals surface area contributed by atoms with Crippen LogP contribution in [-0.2, 0) is 0 Å². The standard InChI is InChI=1S/C13H11N5O3/c14-7-10-12(16-5-4-15-10)20-9-2-6-18(8-9)13(19)11-1-3-17-21-11/h1,3-5,9H,2,6,8H2/t9-/m1/s1. The fraction of sp³-hybridized carbons (Fsp3) is 0.308. The first-order valence-electron chi connectivity index (χ1n) is 6.35. The summed E-state index contributed by atoms with van der Waals surface area (Å²) in [7, 11) is 0. The Hall–Kier alpha value is -2.95. The summed E-state index contributed by atoms with van der Waals surface area (Å²) < 4.78 is 10.5. The highest BCUT2D eigenvalue weighted by Gasteiger charge is 2.30. The van der Waals surface area contributed by atoms with Crippen LogP contribution in [0.3, 0.4) is 0 Å². The van der Waals surface area contributed by atoms with Crippen LogP contribution in [0.15, 0.2) is 29.2 Å². The van der Waals surface area contributed by atoms with Gasteiger partial charge in [-0.2, -0.15) is 5.26 Å². The predicted molar refractivity (Wildman–Crippen MR) is 68.2 cm³/mol. The van der Waals surface area contributed by atoms with Crippen LogP contribution < -0.4 is 4.74 Å². The number of hydrogen-bond donors (Lipinski definition) is 0. The second-order valence-electron chi connectivity index (χ2n) is 4.48. The number of rotatable bonds is 3. The van der Waals surface area contributed by atoms with Gasteiger partial charge in [-0.3, -0.25) is 4.79 Å². The van der Waals surface area contributed by atoms with Gasteiger partial charge in [-0.25, -0.2) is 9.97 Å². The molecule has 0 radical (unpaired) electrons. The molecule has 1 fully saturated rings. The molecule has 0 aliphatic carbocycles. The number of hydrogen-bond acceptors (Lipinski definition) is 7. The van der Waals surface area contributed by atoms with Gasteiger partial charge in [0.2, 0.25) is 11.5 Å². The molecule has 0 aromatic carbocycles. The number of amides is 1. The minimum Gasteiger partial charge on any atom is -0.470 e. The number of nitriles is 1. The molecule has 2 aromatic rings. The molecule has 0 spiro atoms. The summed E-state index contributed by atoms with van der Waals surface area (Å²) in [5.74, 6) is 0.171. The van der Waals surface area contributed by atoms with Crippen LogP contribution in [-0.4, -0.2) is 45.1 Å². The molecular formula is C13H11N5O3. The zero-order chi connectivity index (χ0) is 14.7. The SMILES string of the molecule is N#Cc1nccnc1O[C@@H]1CCN(C(=O)c2ccno2)C1. The summed E-state index contributed by atoms with van der Waals surface area (Å²) in [6.07, 6.45) is 4.75. The lowest BCUT2D eigenvalue weighted by Gasteiger charge is -2.15. The molecule has 0 saturated carbocycles. The lowest BCUT2D eigenvalue weighted by atomic mass is 10.3. The maximum absolute atomic E-state index is 12.1. The molecule has 1 aliphatic rings. The number of nitrogens with zero attached hydrogens (tertiary/aromatic N) is 5. The van der Waals surface area contributed by atoms with Gasteiger partial charge in [-0.1, -0.05) is 5.16 Å². The third-order valence-corrected chi connectivity index (χ3v) is 3.13. The maximum Gasteiger partial charge on any atom is 0.292 e. The maximum atomic E-state index is 12.1. The van der Waals surface area contributed by atoms with E-state index in [4.69, 9.17) is 14.5 Å². The molecule has 1 saturated heterocycles. The second kappa shape index (κ2) is 5.58. The second-order valence-corrected chi connectivity index (χ2v) is 4.48. The average Bonchev–Trinajstić information content (AvgIpc) is 3.19. The van der Waals surface area contributed by atoms with Gasteiger partial charge in [-0.15, -0.1) is 0 Å². The summed E-state index contributed by atoms with van der Waals surface area (Å²) in [4.78, 5) is 21.6. The predicted octanol–water partition coefficient (Wildman–Crippen LogP) is 0.630. The van der Waals surface area contributed by atoms with E-state index in [2.05, 4.69) is 15.1 Å². The van der Waals surface area contributed by atoms with E-state index >= 15 is 0 Å². The van der Waals surface area contributed by atoms with Gasteiger partial charge >= 0.3 is 0 Å². The first-order chi connectivity index (χ1) is 10.3. The van der Waals surface area contributed by atoms with Crippen LogP contribution >= 0.6 is 0 Å². The Bertz CT molecular complexity index is 679. The summed E-state index contributed by atoms with van der Waals surface area (Å²) in [5.41, 5.74) is 0.137. The Balaban J connectivity index is 1.65. The van der Waals surface area contributed by atoms with Gasteiger partial charge < -0.3 is 14.2 Å². The number of ether oxygens (including phenoxy) is 1. The quantitative estimate of drug-likeness (QED) is 0.814. The summed E-state index contributed by atoms with van der Waals surface area (Å²) >= 11 is 0. The first-order valence-corrected chi connectivity index (χ1v) is 6.35. The Morgan fingerprint density at radius 2 is 2.29 bits per heavy atom. The van der Waals surface area contributed by atoms with Crippen LogP contribution in [0.4, 0.5) is 0 Å². The van der Waals surface area contributed by atoms with Gasteiger partial charge in [0.15, 0.2) is 0 Å². The van der Waals surface area contributed by atoms with Crippen molar-refractivity contribution in [1.82, 2.24) is 20.0 Å². The van der Waals surface area contributed by atoms with Gasteiger partial charge in [-0.05, 0) is 0 Å². The van der Waals surface area contributed by atoms with Crippen molar-refractivity contribution in [2.24, 2.45) is 0 Å². The molecule has 0 unspecified atom stereocenters. The highest BCUT2D eigenvalue weighted by molar-refractivity contribution is 5.91. The number of carbonyl (C=O) groups is 1. The van der Waals surface area contributed by atoms with Crippen molar-refractivity contribution in [2.75, 3.05) is 13.1 Å². The van der Waals surface area contributed by atoms with E-state index in [1.165, 1.54) is 24.7 Å². The van der Waals surface area contributed by atoms with Crippen molar-refractivity contribution in [3.63, 3.8) is 0 Å². The molecule has 2 aromatic heterocycles. The van der Waals surface area contributed by atoms with E-state index in [9.17, 15) is 4.79 Å². The fourth-order valence-electron chi connectivity index (χ4n) is 2.14. The molecular weight excluding hydrogens is 274 g/mol. The summed E-state index contributed by atoms with van der Waals surface area (Å²) in [5, 5.41) is 12.5. The third-order valence-electron chi connectivity index (χ3n) is 3.13. The van der Waals surface area contributed by atoms with Crippen molar-refractivity contribution in [1.29, 1.82) is 5.26 Å².